The van der Waals surface area contributed by atoms with E-state index in [1.54, 1.807) is 0 Å². The fourth-order valence-corrected chi connectivity index (χ4v) is 19.0. The Labute approximate surface area is 681 Å². The van der Waals surface area contributed by atoms with Gasteiger partial charge in [-0.1, -0.05) is 368 Å². The van der Waals surface area contributed by atoms with Gasteiger partial charge < -0.3 is 20.0 Å². The van der Waals surface area contributed by atoms with Crippen LogP contribution in [0.15, 0.2) is 466 Å². The average Bonchev–Trinajstić information content (AvgIpc) is 1.54. The van der Waals surface area contributed by atoms with Gasteiger partial charge in [0.15, 0.2) is 0 Å². The van der Waals surface area contributed by atoms with Gasteiger partial charge in [0.2, 0.25) is 0 Å². The van der Waals surface area contributed by atoms with Crippen LogP contribution in [0.3, 0.4) is 0 Å². The van der Waals surface area contributed by atoms with Crippen molar-refractivity contribution >= 4 is 78.5 Å². The number of hydrogen-bond donors (Lipinski definition) is 1. The molecule has 4 nitrogen and oxygen atoms in total. The van der Waals surface area contributed by atoms with E-state index in [1.807, 2.05) is 12.1 Å². The summed E-state index contributed by atoms with van der Waals surface area (Å²) in [7, 11) is 0. The van der Waals surface area contributed by atoms with Crippen LogP contribution in [0.1, 0.15) is 44.5 Å². The minimum absolute atomic E-state index is 0.384. The Morgan fingerprint density at radius 1 is 0.209 bits per heavy atom. The zero-order chi connectivity index (χ0) is 76.7. The molecular formula is C110H77BrN4. The monoisotopic (exact) mass is 1530 g/mol. The van der Waals surface area contributed by atoms with Crippen molar-refractivity contribution in [3.8, 4) is 66.8 Å². The summed E-state index contributed by atoms with van der Waals surface area (Å²) in [5.74, 6) is 0. The topological polar surface area (TPSA) is 21.8 Å². The first kappa shape index (κ1) is 69.8. The quantitative estimate of drug-likeness (QED) is 0.139. The van der Waals surface area contributed by atoms with Crippen LogP contribution in [-0.4, -0.2) is 0 Å². The largest absolute Gasteiger partial charge is 0.356 e. The first-order valence-electron chi connectivity index (χ1n) is 39.4. The molecule has 18 aromatic rings. The van der Waals surface area contributed by atoms with Crippen molar-refractivity contribution in [2.75, 3.05) is 20.0 Å². The zero-order valence-corrected chi connectivity index (χ0v) is 64.7. The summed E-state index contributed by atoms with van der Waals surface area (Å²) < 4.78 is 1.15. The number of fused-ring (bicyclic) bond motifs is 18. The van der Waals surface area contributed by atoms with E-state index in [4.69, 9.17) is 0 Å². The maximum Gasteiger partial charge on any atom is 0.0774 e. The Morgan fingerprint density at radius 3 is 0.826 bits per heavy atom. The number of para-hydroxylation sites is 6. The maximum absolute atomic E-state index is 3.97. The highest BCUT2D eigenvalue weighted by Gasteiger charge is 2.55. The number of benzene rings is 18. The van der Waals surface area contributed by atoms with Crippen molar-refractivity contribution < 1.29 is 0 Å². The minimum Gasteiger partial charge on any atom is -0.356 e. The highest BCUT2D eigenvalue weighted by Crippen LogP contribution is 2.67. The van der Waals surface area contributed by atoms with Gasteiger partial charge in [0.25, 0.3) is 0 Å². The molecule has 0 atom stereocenters. The molecule has 0 fully saturated rings. The molecule has 2 heterocycles. The predicted octanol–water partition coefficient (Wildman–Crippen LogP) is 30.0. The first-order valence-corrected chi connectivity index (χ1v) is 40.2. The molecule has 2 spiro atoms. The van der Waals surface area contributed by atoms with Gasteiger partial charge in [-0.15, -0.1) is 0 Å². The third kappa shape index (κ3) is 12.1. The summed E-state index contributed by atoms with van der Waals surface area (Å²) in [6, 6.07) is 166. The summed E-state index contributed by atoms with van der Waals surface area (Å²) >= 11 is 3.97. The molecule has 0 unspecified atom stereocenters. The van der Waals surface area contributed by atoms with Crippen molar-refractivity contribution in [1.29, 1.82) is 0 Å². The lowest BCUT2D eigenvalue weighted by molar-refractivity contribution is 0.749. The number of halogens is 1. The Balaban J connectivity index is 0.000000124. The molecule has 0 saturated carbocycles. The number of rotatable bonds is 11. The second kappa shape index (κ2) is 30.0. The lowest BCUT2D eigenvalue weighted by Crippen LogP contribution is -2.37. The third-order valence-electron chi connectivity index (χ3n) is 23.3. The molecule has 0 radical (unpaired) electrons. The fourth-order valence-electron chi connectivity index (χ4n) is 18.4. The van der Waals surface area contributed by atoms with Gasteiger partial charge in [-0.2, -0.15) is 0 Å². The van der Waals surface area contributed by atoms with E-state index in [-0.39, 0.29) is 5.41 Å². The van der Waals surface area contributed by atoms with E-state index in [0.29, 0.717) is 0 Å². The molecule has 0 amide bonds. The molecule has 2 aliphatic carbocycles. The molecule has 1 N–H and O–H groups in total. The van der Waals surface area contributed by atoms with Crippen LogP contribution in [-0.2, 0) is 10.8 Å². The molecule has 4 aliphatic rings. The average molecular weight is 1530 g/mol. The molecule has 544 valence electrons. The number of nitrogens with one attached hydrogen (secondary N) is 1. The Kier molecular flexibility index (Phi) is 18.2. The van der Waals surface area contributed by atoms with Gasteiger partial charge in [0.05, 0.1) is 39.3 Å². The Bertz CT molecular complexity index is 6280. The van der Waals surface area contributed by atoms with Gasteiger partial charge in [-0.3, -0.25) is 0 Å². The summed E-state index contributed by atoms with van der Waals surface area (Å²) in [4.78, 5) is 7.33. The first-order chi connectivity index (χ1) is 57.0. The summed E-state index contributed by atoms with van der Waals surface area (Å²) in [6.07, 6.45) is 0. The lowest BCUT2D eigenvalue weighted by atomic mass is 9.64. The van der Waals surface area contributed by atoms with Crippen LogP contribution < -0.4 is 20.0 Å². The molecule has 5 heteroatoms. The number of anilines is 11. The standard InChI is InChI=1S/C55H38N2.C31H20BrN.C24H19N/c1-4-17-39(18-5-1)41-31-35-44(36-32-41)56(45-37-33-42(34-38-45)40-19-6-2-7-20-40)53-30-16-24-47-46-23-10-11-25-48(46)55(54(47)53)49-26-12-14-28-51(49)57(43-21-8-3-9-22-43)52-29-15-13-27-50(52)55;32-27-18-10-14-23-22-13-4-5-15-24(22)31(30(23)27)25-16-6-8-19-28(25)33(21-11-2-1-3-12-21)29-20-9-7-17-26(29)31;1-3-7-19(8-4-1)21-11-15-23(16-12-21)25-24-17-13-22(14-18-24)20-9-5-2-6-10-20/h1-38H;1-20H;1-18,25H. The number of hydrogen-bond acceptors (Lipinski definition) is 4. The van der Waals surface area contributed by atoms with Crippen molar-refractivity contribution in [2.24, 2.45) is 0 Å². The van der Waals surface area contributed by atoms with E-state index < -0.39 is 5.41 Å². The number of nitrogens with zero attached hydrogens (tertiary/aromatic N) is 3. The van der Waals surface area contributed by atoms with Crippen LogP contribution >= 0.6 is 15.9 Å². The van der Waals surface area contributed by atoms with Crippen LogP contribution in [0.25, 0.3) is 66.8 Å². The highest BCUT2D eigenvalue weighted by atomic mass is 79.9. The van der Waals surface area contributed by atoms with Gasteiger partial charge in [-0.05, 0) is 215 Å². The predicted molar refractivity (Wildman–Crippen MR) is 484 cm³/mol. The summed E-state index contributed by atoms with van der Waals surface area (Å²) in [5.41, 5.74) is 37.0. The molecule has 18 aromatic carbocycles. The van der Waals surface area contributed by atoms with Crippen LogP contribution in [0.2, 0.25) is 0 Å². The normalized spacial score (nSPS) is 12.8. The van der Waals surface area contributed by atoms with Crippen molar-refractivity contribution in [3.05, 3.63) is 510 Å². The molecule has 22 rings (SSSR count). The Morgan fingerprint density at radius 2 is 0.470 bits per heavy atom. The van der Waals surface area contributed by atoms with E-state index in [2.05, 4.69) is 485 Å². The Hall–Kier alpha value is -14.4. The molecule has 0 saturated heterocycles. The molecule has 2 aliphatic heterocycles. The van der Waals surface area contributed by atoms with E-state index >= 15 is 0 Å². The minimum atomic E-state index is -0.604. The second-order valence-electron chi connectivity index (χ2n) is 29.5. The van der Waals surface area contributed by atoms with E-state index in [0.717, 1.165) is 38.6 Å². The summed E-state index contributed by atoms with van der Waals surface area (Å²) in [5, 5.41) is 3.46. The van der Waals surface area contributed by atoms with Gasteiger partial charge in [0, 0.05) is 44.2 Å². The van der Waals surface area contributed by atoms with Crippen LogP contribution in [0.4, 0.5) is 62.6 Å². The SMILES string of the molecule is Brc1cccc2c1C1(c3ccccc3-2)c2ccccc2N(c2ccccc2)c2ccccc21.c1ccc(-c2ccc(N(c3ccc(-c4ccccc4)cc3)c3cccc4c3C3(c5ccccc5-4)c4ccccc4N(c4ccccc4)c4ccccc43)cc2)cc1.c1ccc(-c2ccc(Nc3ccc(-c4ccccc4)cc3)cc2)cc1. The van der Waals surface area contributed by atoms with Crippen LogP contribution in [0.5, 0.6) is 0 Å². The molecule has 0 bridgehead atoms. The third-order valence-corrected chi connectivity index (χ3v) is 23.9. The maximum atomic E-state index is 3.97. The molecule has 0 aromatic heterocycles. The summed E-state index contributed by atoms with van der Waals surface area (Å²) in [6.45, 7) is 0. The van der Waals surface area contributed by atoms with Gasteiger partial charge >= 0.3 is 0 Å². The molecular weight excluding hydrogens is 1460 g/mol. The smallest absolute Gasteiger partial charge is 0.0774 e. The zero-order valence-electron chi connectivity index (χ0n) is 63.1. The second-order valence-corrected chi connectivity index (χ2v) is 30.4. The van der Waals surface area contributed by atoms with Gasteiger partial charge in [-0.25, -0.2) is 0 Å². The van der Waals surface area contributed by atoms with E-state index in [9.17, 15) is 0 Å². The van der Waals surface area contributed by atoms with Crippen molar-refractivity contribution in [1.82, 2.24) is 0 Å². The van der Waals surface area contributed by atoms with Crippen LogP contribution in [0, 0.1) is 0 Å². The highest BCUT2D eigenvalue weighted by molar-refractivity contribution is 9.10. The van der Waals surface area contributed by atoms with Gasteiger partial charge in [0.1, 0.15) is 0 Å². The van der Waals surface area contributed by atoms with E-state index in [1.165, 1.54) is 140 Å². The fraction of sp³-hybridized carbons (Fsp3) is 0.0182. The van der Waals surface area contributed by atoms with Crippen molar-refractivity contribution in [2.45, 2.75) is 10.8 Å². The van der Waals surface area contributed by atoms with Crippen molar-refractivity contribution in [3.63, 3.8) is 0 Å². The lowest BCUT2D eigenvalue weighted by Gasteiger charge is -2.46. The molecule has 115 heavy (non-hydrogen) atoms.